The molecule has 1 aliphatic rings. The first-order valence-corrected chi connectivity index (χ1v) is 9.79. The summed E-state index contributed by atoms with van der Waals surface area (Å²) < 4.78 is 20.2. The molecule has 2 aromatic carbocycles. The van der Waals surface area contributed by atoms with Gasteiger partial charge in [0.05, 0.1) is 11.5 Å². The fourth-order valence-electron chi connectivity index (χ4n) is 3.02. The average molecular weight is 398 g/mol. The topological polar surface area (TPSA) is 67.4 Å². The second-order valence-corrected chi connectivity index (χ2v) is 7.79. The summed E-state index contributed by atoms with van der Waals surface area (Å²) in [7, 11) is 1.51. The van der Waals surface area contributed by atoms with Crippen molar-refractivity contribution in [2.24, 2.45) is 0 Å². The minimum absolute atomic E-state index is 0.109. The summed E-state index contributed by atoms with van der Waals surface area (Å²) in [5, 5.41) is 6.17. The maximum atomic E-state index is 14.3. The number of hydrogen-bond donors (Lipinski definition) is 2. The lowest BCUT2D eigenvalue weighted by atomic mass is 10.1. The third-order valence-electron chi connectivity index (χ3n) is 4.58. The van der Waals surface area contributed by atoms with Gasteiger partial charge >= 0.3 is 0 Å². The first kappa shape index (κ1) is 18.6. The van der Waals surface area contributed by atoms with Gasteiger partial charge in [0.25, 0.3) is 11.8 Å². The normalized spacial score (nSPS) is 13.5. The van der Waals surface area contributed by atoms with E-state index in [1.807, 2.05) is 0 Å². The Morgan fingerprint density at radius 1 is 1.14 bits per heavy atom. The van der Waals surface area contributed by atoms with Crippen molar-refractivity contribution in [3.05, 3.63) is 64.3 Å². The number of amides is 2. The molecule has 0 atom stereocenters. The van der Waals surface area contributed by atoms with Crippen LogP contribution >= 0.6 is 11.3 Å². The van der Waals surface area contributed by atoms with Crippen LogP contribution < -0.4 is 10.6 Å². The molecule has 3 aromatic rings. The molecule has 5 nitrogen and oxygen atoms in total. The molecule has 0 aliphatic heterocycles. The van der Waals surface area contributed by atoms with Gasteiger partial charge in [-0.25, -0.2) is 4.39 Å². The van der Waals surface area contributed by atoms with Crippen molar-refractivity contribution >= 4 is 38.9 Å². The molecule has 144 valence electrons. The lowest BCUT2D eigenvalue weighted by Crippen LogP contribution is -2.25. The Labute approximate surface area is 165 Å². The van der Waals surface area contributed by atoms with Gasteiger partial charge in [-0.2, -0.15) is 0 Å². The number of hydrogen-bond acceptors (Lipinski definition) is 4. The van der Waals surface area contributed by atoms with Gasteiger partial charge in [-0.15, -0.1) is 11.3 Å². The number of benzene rings is 2. The number of methoxy groups -OCH3 is 1. The Morgan fingerprint density at radius 2 is 1.89 bits per heavy atom. The third-order valence-corrected chi connectivity index (χ3v) is 5.77. The van der Waals surface area contributed by atoms with Crippen LogP contribution in [0.1, 0.15) is 38.4 Å². The van der Waals surface area contributed by atoms with E-state index < -0.39 is 0 Å². The first-order chi connectivity index (χ1) is 13.6. The number of ether oxygens (including phenoxy) is 1. The minimum atomic E-state index is -0.370. The van der Waals surface area contributed by atoms with E-state index in [1.165, 1.54) is 24.5 Å². The van der Waals surface area contributed by atoms with E-state index in [2.05, 4.69) is 10.6 Å². The number of carbonyl (C=O) groups is 2. The van der Waals surface area contributed by atoms with Crippen LogP contribution in [0.5, 0.6) is 0 Å². The summed E-state index contributed by atoms with van der Waals surface area (Å²) >= 11 is 1.23. The van der Waals surface area contributed by atoms with Crippen LogP contribution in [0.2, 0.25) is 0 Å². The maximum Gasteiger partial charge on any atom is 0.266 e. The van der Waals surface area contributed by atoms with E-state index >= 15 is 0 Å². The fourth-order valence-corrected chi connectivity index (χ4v) is 4.14. The van der Waals surface area contributed by atoms with Gasteiger partial charge in [-0.05, 0) is 49.2 Å². The molecule has 28 heavy (non-hydrogen) atoms. The van der Waals surface area contributed by atoms with E-state index in [0.717, 1.165) is 12.8 Å². The summed E-state index contributed by atoms with van der Waals surface area (Å²) in [4.78, 5) is 25.3. The van der Waals surface area contributed by atoms with Crippen molar-refractivity contribution in [1.82, 2.24) is 5.32 Å². The van der Waals surface area contributed by atoms with E-state index in [9.17, 15) is 14.0 Å². The summed E-state index contributed by atoms with van der Waals surface area (Å²) in [5.74, 6) is -0.809. The number of rotatable bonds is 6. The highest BCUT2D eigenvalue weighted by Crippen LogP contribution is 2.34. The number of carbonyl (C=O) groups excluding carboxylic acids is 2. The van der Waals surface area contributed by atoms with E-state index in [-0.39, 0.29) is 24.2 Å². The number of fused-ring (bicyclic) bond motifs is 1. The van der Waals surface area contributed by atoms with Gasteiger partial charge in [0, 0.05) is 40.1 Å². The summed E-state index contributed by atoms with van der Waals surface area (Å²) in [6, 6.07) is 11.8. The molecule has 4 rings (SSSR count). The number of halogens is 1. The molecule has 2 N–H and O–H groups in total. The molecule has 1 aliphatic carbocycles. The van der Waals surface area contributed by atoms with Crippen molar-refractivity contribution < 1.29 is 18.7 Å². The Kier molecular flexibility index (Phi) is 5.11. The molecule has 1 fully saturated rings. The fraction of sp³-hybridized carbons (Fsp3) is 0.238. The molecule has 1 saturated carbocycles. The Balaban J connectivity index is 1.55. The second kappa shape index (κ2) is 7.69. The minimum Gasteiger partial charge on any atom is -0.380 e. The van der Waals surface area contributed by atoms with Crippen molar-refractivity contribution in [3.63, 3.8) is 0 Å². The molecule has 0 saturated heterocycles. The third kappa shape index (κ3) is 3.76. The molecule has 0 radical (unpaired) electrons. The van der Waals surface area contributed by atoms with Gasteiger partial charge in [0.1, 0.15) is 5.82 Å². The SMILES string of the molecule is COCc1c(C(=O)Nc2ccc(C(=O)NC3CC3)cc2)sc2cccc(F)c12. The molecular formula is C21H19FN2O3S. The zero-order valence-corrected chi connectivity index (χ0v) is 16.1. The monoisotopic (exact) mass is 398 g/mol. The quantitative estimate of drug-likeness (QED) is 0.649. The van der Waals surface area contributed by atoms with E-state index in [0.29, 0.717) is 37.8 Å². The summed E-state index contributed by atoms with van der Waals surface area (Å²) in [6.07, 6.45) is 2.05. The van der Waals surface area contributed by atoms with Crippen molar-refractivity contribution in [1.29, 1.82) is 0 Å². The van der Waals surface area contributed by atoms with Crippen molar-refractivity contribution in [3.8, 4) is 0 Å². The van der Waals surface area contributed by atoms with Gasteiger partial charge in [0.2, 0.25) is 0 Å². The molecule has 0 spiro atoms. The molecule has 0 bridgehead atoms. The van der Waals surface area contributed by atoms with Crippen LogP contribution in [0.4, 0.5) is 10.1 Å². The van der Waals surface area contributed by atoms with Crippen LogP contribution in [-0.2, 0) is 11.3 Å². The first-order valence-electron chi connectivity index (χ1n) is 8.98. The molecule has 1 heterocycles. The Morgan fingerprint density at radius 3 is 2.57 bits per heavy atom. The maximum absolute atomic E-state index is 14.3. The van der Waals surface area contributed by atoms with Crippen molar-refractivity contribution in [2.45, 2.75) is 25.5 Å². The second-order valence-electron chi connectivity index (χ2n) is 6.73. The summed E-state index contributed by atoms with van der Waals surface area (Å²) in [5.41, 5.74) is 1.65. The molecule has 1 aromatic heterocycles. The van der Waals surface area contributed by atoms with Gasteiger partial charge in [0.15, 0.2) is 0 Å². The predicted octanol–water partition coefficient (Wildman–Crippen LogP) is 4.33. The van der Waals surface area contributed by atoms with Gasteiger partial charge in [-0.3, -0.25) is 9.59 Å². The Hall–Kier alpha value is -2.77. The number of nitrogens with one attached hydrogen (secondary N) is 2. The number of thiophene rings is 1. The largest absolute Gasteiger partial charge is 0.380 e. The summed E-state index contributed by atoms with van der Waals surface area (Å²) in [6.45, 7) is 0.143. The highest BCUT2D eigenvalue weighted by molar-refractivity contribution is 7.21. The lowest BCUT2D eigenvalue weighted by molar-refractivity contribution is 0.0950. The van der Waals surface area contributed by atoms with Gasteiger partial charge in [-0.1, -0.05) is 6.07 Å². The zero-order valence-electron chi connectivity index (χ0n) is 15.3. The Bertz CT molecular complexity index is 1040. The average Bonchev–Trinajstić information content (AvgIpc) is 3.41. The smallest absolute Gasteiger partial charge is 0.266 e. The predicted molar refractivity (Wildman–Crippen MR) is 107 cm³/mol. The molecular weight excluding hydrogens is 379 g/mol. The lowest BCUT2D eigenvalue weighted by Gasteiger charge is -2.08. The van der Waals surface area contributed by atoms with Crippen molar-refractivity contribution in [2.75, 3.05) is 12.4 Å². The van der Waals surface area contributed by atoms with E-state index in [1.54, 1.807) is 36.4 Å². The molecule has 2 amide bonds. The zero-order chi connectivity index (χ0) is 19.7. The standard InChI is InChI=1S/C21H19FN2O3S/c1-27-11-15-18-16(22)3-2-4-17(18)28-19(15)21(26)24-13-7-5-12(6-8-13)20(25)23-14-9-10-14/h2-8,14H,9-11H2,1H3,(H,23,25)(H,24,26). The van der Waals surface area contributed by atoms with E-state index in [4.69, 9.17) is 4.74 Å². The van der Waals surface area contributed by atoms with Gasteiger partial charge < -0.3 is 15.4 Å². The van der Waals surface area contributed by atoms with Crippen LogP contribution in [0.15, 0.2) is 42.5 Å². The van der Waals surface area contributed by atoms with Crippen LogP contribution in [0, 0.1) is 5.82 Å². The van der Waals surface area contributed by atoms with Crippen LogP contribution in [0.3, 0.4) is 0 Å². The van der Waals surface area contributed by atoms with Crippen LogP contribution in [-0.4, -0.2) is 25.0 Å². The molecule has 0 unspecified atom stereocenters. The number of anilines is 1. The van der Waals surface area contributed by atoms with Crippen LogP contribution in [0.25, 0.3) is 10.1 Å². The highest BCUT2D eigenvalue weighted by Gasteiger charge is 2.24. The highest BCUT2D eigenvalue weighted by atomic mass is 32.1. The molecule has 7 heteroatoms.